The van der Waals surface area contributed by atoms with E-state index in [0.717, 1.165) is 16.9 Å². The molecule has 7 heteroatoms. The number of nitrogens with zero attached hydrogens (tertiary/aromatic N) is 2. The Morgan fingerprint density at radius 2 is 1.80 bits per heavy atom. The van der Waals surface area contributed by atoms with Gasteiger partial charge in [0.25, 0.3) is 5.91 Å². The number of carbonyl (C=O) groups excluding carboxylic acids is 1. The summed E-state index contributed by atoms with van der Waals surface area (Å²) in [4.78, 5) is 12.5. The molecule has 0 saturated heterocycles. The molecule has 0 bridgehead atoms. The number of amides is 1. The van der Waals surface area contributed by atoms with Crippen LogP contribution >= 0.6 is 0 Å². The third kappa shape index (κ3) is 2.98. The molecule has 0 radical (unpaired) electrons. The molecule has 4 rings (SSSR count). The highest BCUT2D eigenvalue weighted by atomic mass is 32.2. The highest BCUT2D eigenvalue weighted by Gasteiger charge is 2.28. The van der Waals surface area contributed by atoms with Gasteiger partial charge < -0.3 is 5.32 Å². The minimum atomic E-state index is -1.00. The van der Waals surface area contributed by atoms with Crippen molar-refractivity contribution in [3.63, 3.8) is 0 Å². The summed E-state index contributed by atoms with van der Waals surface area (Å²) in [6.07, 6.45) is 0. The third-order valence-corrected chi connectivity index (χ3v) is 5.21. The largest absolute Gasteiger partial charge is 0.306 e. The van der Waals surface area contributed by atoms with Gasteiger partial charge in [-0.3, -0.25) is 9.00 Å². The number of rotatable bonds is 3. The average Bonchev–Trinajstić information content (AvgIpc) is 3.13. The summed E-state index contributed by atoms with van der Waals surface area (Å²) in [6.45, 7) is 0. The van der Waals surface area contributed by atoms with Gasteiger partial charge in [-0.2, -0.15) is 5.10 Å². The molecular weight excluding hydrogens is 341 g/mol. The molecule has 1 aliphatic heterocycles. The maximum absolute atomic E-state index is 13.1. The van der Waals surface area contributed by atoms with Gasteiger partial charge in [0.05, 0.1) is 22.9 Å². The molecule has 2 heterocycles. The molecule has 1 unspecified atom stereocenters. The number of carbonyl (C=O) groups is 1. The van der Waals surface area contributed by atoms with Crippen LogP contribution in [0.2, 0.25) is 0 Å². The Morgan fingerprint density at radius 3 is 2.52 bits per heavy atom. The first-order valence-electron chi connectivity index (χ1n) is 7.70. The summed E-state index contributed by atoms with van der Waals surface area (Å²) in [5, 5.41) is 7.37. The van der Waals surface area contributed by atoms with Crippen LogP contribution in [-0.2, 0) is 22.3 Å². The molecule has 1 aliphatic rings. The second-order valence-corrected chi connectivity index (χ2v) is 7.17. The summed E-state index contributed by atoms with van der Waals surface area (Å²) in [5.41, 5.74) is 2.67. The second kappa shape index (κ2) is 6.25. The SMILES string of the molecule is O=C(Nc1c2c(nn1-c1ccccc1)CS(=O)C2)c1ccc(F)cc1. The van der Waals surface area contributed by atoms with Gasteiger partial charge in [0.15, 0.2) is 0 Å². The molecule has 0 spiro atoms. The Bertz CT molecular complexity index is 968. The molecule has 1 atom stereocenters. The molecule has 1 amide bonds. The number of hydrogen-bond acceptors (Lipinski definition) is 3. The summed E-state index contributed by atoms with van der Waals surface area (Å²) in [7, 11) is -1.00. The molecule has 0 fully saturated rings. The van der Waals surface area contributed by atoms with E-state index in [0.29, 0.717) is 22.9 Å². The number of fused-ring (bicyclic) bond motifs is 1. The van der Waals surface area contributed by atoms with E-state index in [-0.39, 0.29) is 5.91 Å². The maximum atomic E-state index is 13.1. The van der Waals surface area contributed by atoms with Crippen LogP contribution in [0.4, 0.5) is 10.2 Å². The highest BCUT2D eigenvalue weighted by Crippen LogP contribution is 2.31. The van der Waals surface area contributed by atoms with Crippen molar-refractivity contribution in [1.29, 1.82) is 0 Å². The van der Waals surface area contributed by atoms with Gasteiger partial charge in [0.2, 0.25) is 0 Å². The molecule has 2 aromatic carbocycles. The van der Waals surface area contributed by atoms with Crippen LogP contribution in [0.25, 0.3) is 5.69 Å². The molecule has 0 saturated carbocycles. The molecule has 5 nitrogen and oxygen atoms in total. The predicted octanol–water partition coefficient (Wildman–Crippen LogP) is 3.03. The zero-order valence-corrected chi connectivity index (χ0v) is 13.9. The van der Waals surface area contributed by atoms with E-state index in [9.17, 15) is 13.4 Å². The lowest BCUT2D eigenvalue weighted by Crippen LogP contribution is -2.16. The van der Waals surface area contributed by atoms with Crippen LogP contribution < -0.4 is 5.32 Å². The maximum Gasteiger partial charge on any atom is 0.256 e. The average molecular weight is 355 g/mol. The minimum absolute atomic E-state index is 0.343. The van der Waals surface area contributed by atoms with Gasteiger partial charge in [-0.25, -0.2) is 9.07 Å². The van der Waals surface area contributed by atoms with E-state index in [2.05, 4.69) is 10.4 Å². The lowest BCUT2D eigenvalue weighted by atomic mass is 10.2. The van der Waals surface area contributed by atoms with Crippen LogP contribution in [0.15, 0.2) is 54.6 Å². The summed E-state index contributed by atoms with van der Waals surface area (Å²) in [5.74, 6) is 0.497. The Kier molecular flexibility index (Phi) is 3.93. The predicted molar refractivity (Wildman–Crippen MR) is 93.5 cm³/mol. The van der Waals surface area contributed by atoms with E-state index < -0.39 is 16.6 Å². The Labute approximate surface area is 145 Å². The number of benzene rings is 2. The standard InChI is InChI=1S/C18H14FN3O2S/c19-13-8-6-12(7-9-13)18(23)20-17-15-10-25(24)11-16(15)21-22(17)14-4-2-1-3-5-14/h1-9H,10-11H2,(H,20,23). The fourth-order valence-electron chi connectivity index (χ4n) is 2.79. The fourth-order valence-corrected chi connectivity index (χ4v) is 4.06. The van der Waals surface area contributed by atoms with Crippen molar-refractivity contribution in [1.82, 2.24) is 9.78 Å². The number of hydrogen-bond donors (Lipinski definition) is 1. The molecule has 126 valence electrons. The molecule has 25 heavy (non-hydrogen) atoms. The zero-order valence-electron chi connectivity index (χ0n) is 13.1. The Morgan fingerprint density at radius 1 is 1.08 bits per heavy atom. The van der Waals surface area contributed by atoms with E-state index in [4.69, 9.17) is 0 Å². The van der Waals surface area contributed by atoms with Crippen LogP contribution in [0.1, 0.15) is 21.6 Å². The first-order valence-corrected chi connectivity index (χ1v) is 9.19. The van der Waals surface area contributed by atoms with Gasteiger partial charge >= 0.3 is 0 Å². The van der Waals surface area contributed by atoms with Crippen LogP contribution in [0.5, 0.6) is 0 Å². The smallest absolute Gasteiger partial charge is 0.256 e. The van der Waals surface area contributed by atoms with Crippen molar-refractivity contribution in [2.24, 2.45) is 0 Å². The molecule has 3 aromatic rings. The van der Waals surface area contributed by atoms with E-state index in [1.54, 1.807) is 4.68 Å². The Balaban J connectivity index is 1.74. The highest BCUT2D eigenvalue weighted by molar-refractivity contribution is 7.83. The van der Waals surface area contributed by atoms with Crippen molar-refractivity contribution in [2.75, 3.05) is 5.32 Å². The van der Waals surface area contributed by atoms with Gasteiger partial charge in [-0.15, -0.1) is 0 Å². The zero-order chi connectivity index (χ0) is 17.4. The van der Waals surface area contributed by atoms with Crippen LogP contribution in [-0.4, -0.2) is 19.9 Å². The number of para-hydroxylation sites is 1. The molecule has 1 aromatic heterocycles. The van der Waals surface area contributed by atoms with Crippen molar-refractivity contribution in [3.05, 3.63) is 77.2 Å². The first-order chi connectivity index (χ1) is 12.1. The van der Waals surface area contributed by atoms with Gasteiger partial charge in [-0.05, 0) is 36.4 Å². The van der Waals surface area contributed by atoms with E-state index in [1.165, 1.54) is 24.3 Å². The number of aromatic nitrogens is 2. The number of anilines is 1. The minimum Gasteiger partial charge on any atom is -0.306 e. The van der Waals surface area contributed by atoms with Crippen molar-refractivity contribution in [3.8, 4) is 5.69 Å². The van der Waals surface area contributed by atoms with Gasteiger partial charge in [-0.1, -0.05) is 18.2 Å². The summed E-state index contributed by atoms with van der Waals surface area (Å²) < 4.78 is 26.6. The van der Waals surface area contributed by atoms with Crippen molar-refractivity contribution in [2.45, 2.75) is 11.5 Å². The normalized spacial score (nSPS) is 15.8. The Hall–Kier alpha value is -2.80. The lowest BCUT2D eigenvalue weighted by molar-refractivity contribution is 0.102. The topological polar surface area (TPSA) is 64.0 Å². The van der Waals surface area contributed by atoms with Crippen LogP contribution in [0.3, 0.4) is 0 Å². The van der Waals surface area contributed by atoms with Crippen LogP contribution in [0, 0.1) is 5.82 Å². The summed E-state index contributed by atoms with van der Waals surface area (Å²) in [6, 6.07) is 14.7. The first kappa shape index (κ1) is 15.7. The van der Waals surface area contributed by atoms with Crippen molar-refractivity contribution < 1.29 is 13.4 Å². The van der Waals surface area contributed by atoms with Gasteiger partial charge in [0.1, 0.15) is 11.6 Å². The lowest BCUT2D eigenvalue weighted by Gasteiger charge is -2.11. The molecular formula is C18H14FN3O2S. The van der Waals surface area contributed by atoms with Gasteiger partial charge in [0, 0.05) is 21.9 Å². The second-order valence-electron chi connectivity index (χ2n) is 5.71. The number of halogens is 1. The van der Waals surface area contributed by atoms with Crippen molar-refractivity contribution >= 4 is 22.5 Å². The van der Waals surface area contributed by atoms with E-state index in [1.807, 2.05) is 30.3 Å². The van der Waals surface area contributed by atoms with E-state index >= 15 is 0 Å². The molecule has 0 aliphatic carbocycles. The number of nitrogens with one attached hydrogen (secondary N) is 1. The summed E-state index contributed by atoms with van der Waals surface area (Å²) >= 11 is 0. The molecule has 1 N–H and O–H groups in total. The quantitative estimate of drug-likeness (QED) is 0.785. The monoisotopic (exact) mass is 355 g/mol. The third-order valence-electron chi connectivity index (χ3n) is 4.01. The fraction of sp³-hybridized carbons (Fsp3) is 0.111.